The molecule has 0 spiro atoms. The third-order valence-electron chi connectivity index (χ3n) is 2.98. The van der Waals surface area contributed by atoms with Gasteiger partial charge < -0.3 is 21.3 Å². The van der Waals surface area contributed by atoms with Crippen molar-refractivity contribution in [1.82, 2.24) is 4.90 Å². The van der Waals surface area contributed by atoms with E-state index in [-0.39, 0.29) is 18.4 Å². The van der Waals surface area contributed by atoms with E-state index in [0.29, 0.717) is 17.8 Å². The molecule has 1 aromatic rings. The van der Waals surface area contributed by atoms with Crippen LogP contribution in [0.15, 0.2) is 18.2 Å². The standard InChI is InChI=1S/C15H24N4O2/c1-10(2)8-19(9-14(17)20)15(21)11-5-6-13(18(3)4)12(16)7-11/h5-7,10H,8-9,16H2,1-4H3,(H2,17,20). The van der Waals surface area contributed by atoms with E-state index in [1.54, 1.807) is 18.2 Å². The number of hydrogen-bond acceptors (Lipinski definition) is 4. The first-order valence-corrected chi connectivity index (χ1v) is 6.86. The van der Waals surface area contributed by atoms with Crippen molar-refractivity contribution in [3.05, 3.63) is 23.8 Å². The van der Waals surface area contributed by atoms with Gasteiger partial charge in [-0.05, 0) is 24.1 Å². The molecule has 0 saturated heterocycles. The molecule has 0 aliphatic rings. The van der Waals surface area contributed by atoms with E-state index in [0.717, 1.165) is 5.69 Å². The molecule has 1 rings (SSSR count). The third kappa shape index (κ3) is 4.66. The molecular weight excluding hydrogens is 268 g/mol. The number of hydrogen-bond donors (Lipinski definition) is 2. The number of benzene rings is 1. The lowest BCUT2D eigenvalue weighted by molar-refractivity contribution is -0.118. The maximum absolute atomic E-state index is 12.5. The van der Waals surface area contributed by atoms with Gasteiger partial charge in [0.05, 0.1) is 17.9 Å². The predicted molar refractivity (Wildman–Crippen MR) is 85.1 cm³/mol. The number of nitrogen functional groups attached to an aromatic ring is 1. The lowest BCUT2D eigenvalue weighted by Gasteiger charge is -2.24. The zero-order valence-electron chi connectivity index (χ0n) is 13.1. The van der Waals surface area contributed by atoms with Gasteiger partial charge in [-0.15, -0.1) is 0 Å². The summed E-state index contributed by atoms with van der Waals surface area (Å²) in [6, 6.07) is 5.13. The van der Waals surface area contributed by atoms with E-state index < -0.39 is 5.91 Å². The average Bonchev–Trinajstić information content (AvgIpc) is 2.35. The Kier molecular flexibility index (Phi) is 5.58. The normalized spacial score (nSPS) is 10.5. The second-order valence-corrected chi connectivity index (χ2v) is 5.71. The molecule has 0 unspecified atom stereocenters. The summed E-state index contributed by atoms with van der Waals surface area (Å²) in [5.74, 6) is -0.520. The van der Waals surface area contributed by atoms with Crippen LogP contribution in [0.25, 0.3) is 0 Å². The highest BCUT2D eigenvalue weighted by Crippen LogP contribution is 2.23. The quantitative estimate of drug-likeness (QED) is 0.762. The number of rotatable bonds is 6. The van der Waals surface area contributed by atoms with Gasteiger partial charge in [-0.1, -0.05) is 13.8 Å². The fourth-order valence-electron chi connectivity index (χ4n) is 2.13. The zero-order chi connectivity index (χ0) is 16.2. The van der Waals surface area contributed by atoms with Crippen molar-refractivity contribution in [2.24, 2.45) is 11.7 Å². The minimum Gasteiger partial charge on any atom is -0.397 e. The summed E-state index contributed by atoms with van der Waals surface area (Å²) >= 11 is 0. The predicted octanol–water partition coefficient (Wildman–Crippen LogP) is 0.918. The van der Waals surface area contributed by atoms with Crippen molar-refractivity contribution in [1.29, 1.82) is 0 Å². The van der Waals surface area contributed by atoms with Gasteiger partial charge >= 0.3 is 0 Å². The Morgan fingerprint density at radius 1 is 1.24 bits per heavy atom. The van der Waals surface area contributed by atoms with E-state index in [9.17, 15) is 9.59 Å². The molecule has 4 N–H and O–H groups in total. The van der Waals surface area contributed by atoms with Crippen LogP contribution in [0.5, 0.6) is 0 Å². The van der Waals surface area contributed by atoms with Crippen LogP contribution in [0.3, 0.4) is 0 Å². The molecule has 0 aliphatic heterocycles. The Morgan fingerprint density at radius 3 is 2.29 bits per heavy atom. The molecule has 0 saturated carbocycles. The van der Waals surface area contributed by atoms with Crippen LogP contribution < -0.4 is 16.4 Å². The fourth-order valence-corrected chi connectivity index (χ4v) is 2.13. The Bertz CT molecular complexity index is 526. The summed E-state index contributed by atoms with van der Waals surface area (Å²) in [7, 11) is 3.76. The Morgan fingerprint density at radius 2 is 1.86 bits per heavy atom. The maximum Gasteiger partial charge on any atom is 0.254 e. The van der Waals surface area contributed by atoms with Crippen LogP contribution in [0, 0.1) is 5.92 Å². The van der Waals surface area contributed by atoms with Crippen molar-refractivity contribution in [2.45, 2.75) is 13.8 Å². The molecule has 0 fully saturated rings. The van der Waals surface area contributed by atoms with Gasteiger partial charge in [-0.25, -0.2) is 0 Å². The van der Waals surface area contributed by atoms with Crippen LogP contribution in [0.1, 0.15) is 24.2 Å². The number of carbonyl (C=O) groups excluding carboxylic acids is 2. The minimum absolute atomic E-state index is 0.0909. The molecule has 0 heterocycles. The van der Waals surface area contributed by atoms with Gasteiger partial charge in [0.15, 0.2) is 0 Å². The lowest BCUT2D eigenvalue weighted by atomic mass is 10.1. The number of nitrogens with zero attached hydrogens (tertiary/aromatic N) is 2. The summed E-state index contributed by atoms with van der Waals surface area (Å²) in [6.07, 6.45) is 0. The van der Waals surface area contributed by atoms with Crippen LogP contribution in [0.4, 0.5) is 11.4 Å². The maximum atomic E-state index is 12.5. The molecular formula is C15H24N4O2. The number of primary amides is 1. The van der Waals surface area contributed by atoms with E-state index in [1.165, 1.54) is 4.90 Å². The van der Waals surface area contributed by atoms with Gasteiger partial charge in [-0.2, -0.15) is 0 Å². The van der Waals surface area contributed by atoms with Crippen LogP contribution >= 0.6 is 0 Å². The zero-order valence-corrected chi connectivity index (χ0v) is 13.1. The number of anilines is 2. The molecule has 6 heteroatoms. The van der Waals surface area contributed by atoms with E-state index in [2.05, 4.69) is 0 Å². The number of nitrogens with two attached hydrogens (primary N) is 2. The summed E-state index contributed by atoms with van der Waals surface area (Å²) in [5.41, 5.74) is 13.0. The first kappa shape index (κ1) is 16.8. The van der Waals surface area contributed by atoms with Crippen LogP contribution in [-0.2, 0) is 4.79 Å². The largest absolute Gasteiger partial charge is 0.397 e. The highest BCUT2D eigenvalue weighted by Gasteiger charge is 2.19. The Hall–Kier alpha value is -2.24. The first-order valence-electron chi connectivity index (χ1n) is 6.86. The fraction of sp³-hybridized carbons (Fsp3) is 0.467. The molecule has 2 amide bonds. The summed E-state index contributed by atoms with van der Waals surface area (Å²) in [6.45, 7) is 4.33. The average molecular weight is 292 g/mol. The monoisotopic (exact) mass is 292 g/mol. The highest BCUT2D eigenvalue weighted by atomic mass is 16.2. The smallest absolute Gasteiger partial charge is 0.254 e. The van der Waals surface area contributed by atoms with Gasteiger partial charge in [0.2, 0.25) is 5.91 Å². The summed E-state index contributed by atoms with van der Waals surface area (Å²) in [5, 5.41) is 0. The second-order valence-electron chi connectivity index (χ2n) is 5.71. The molecule has 0 atom stereocenters. The number of amides is 2. The highest BCUT2D eigenvalue weighted by molar-refractivity contribution is 5.98. The van der Waals surface area contributed by atoms with Crippen molar-refractivity contribution >= 4 is 23.2 Å². The van der Waals surface area contributed by atoms with Gasteiger partial charge in [-0.3, -0.25) is 9.59 Å². The van der Waals surface area contributed by atoms with E-state index in [4.69, 9.17) is 11.5 Å². The molecule has 6 nitrogen and oxygen atoms in total. The number of carbonyl (C=O) groups is 2. The van der Waals surface area contributed by atoms with Gasteiger partial charge in [0.25, 0.3) is 5.91 Å². The molecule has 0 aromatic heterocycles. The van der Waals surface area contributed by atoms with Crippen molar-refractivity contribution in [3.8, 4) is 0 Å². The molecule has 21 heavy (non-hydrogen) atoms. The Labute approximate surface area is 125 Å². The minimum atomic E-state index is -0.526. The van der Waals surface area contributed by atoms with Crippen molar-refractivity contribution in [2.75, 3.05) is 37.8 Å². The molecule has 1 aromatic carbocycles. The van der Waals surface area contributed by atoms with Crippen molar-refractivity contribution in [3.63, 3.8) is 0 Å². The molecule has 0 aliphatic carbocycles. The topological polar surface area (TPSA) is 92.7 Å². The second kappa shape index (κ2) is 6.97. The van der Waals surface area contributed by atoms with Crippen LogP contribution in [-0.4, -0.2) is 43.9 Å². The SMILES string of the molecule is CC(C)CN(CC(N)=O)C(=O)c1ccc(N(C)C)c(N)c1. The van der Waals surface area contributed by atoms with E-state index >= 15 is 0 Å². The lowest BCUT2D eigenvalue weighted by Crippen LogP contribution is -2.40. The summed E-state index contributed by atoms with van der Waals surface area (Å²) in [4.78, 5) is 27.0. The van der Waals surface area contributed by atoms with Gasteiger partial charge in [0.1, 0.15) is 0 Å². The summed E-state index contributed by atoms with van der Waals surface area (Å²) < 4.78 is 0. The molecule has 0 bridgehead atoms. The third-order valence-corrected chi connectivity index (χ3v) is 2.98. The van der Waals surface area contributed by atoms with Gasteiger partial charge in [0, 0.05) is 26.2 Å². The molecule has 116 valence electrons. The van der Waals surface area contributed by atoms with Crippen LogP contribution in [0.2, 0.25) is 0 Å². The Balaban J connectivity index is 3.03. The van der Waals surface area contributed by atoms with Crippen molar-refractivity contribution < 1.29 is 9.59 Å². The van der Waals surface area contributed by atoms with E-state index in [1.807, 2.05) is 32.8 Å². The molecule has 0 radical (unpaired) electrons. The first-order chi connectivity index (χ1) is 9.72.